The lowest BCUT2D eigenvalue weighted by atomic mass is 9.62. The molecule has 3 rings (SSSR count). The second-order valence-corrected chi connectivity index (χ2v) is 9.67. The van der Waals surface area contributed by atoms with E-state index in [1.807, 2.05) is 18.2 Å². The quantitative estimate of drug-likeness (QED) is 0.414. The van der Waals surface area contributed by atoms with E-state index >= 15 is 0 Å². The fourth-order valence-electron chi connectivity index (χ4n) is 4.20. The summed E-state index contributed by atoms with van der Waals surface area (Å²) in [7, 11) is 1.68. The molecular formula is C27H34O4. The molecule has 1 N–H and O–H groups in total. The van der Waals surface area contributed by atoms with Crippen LogP contribution in [0.2, 0.25) is 0 Å². The van der Waals surface area contributed by atoms with Gasteiger partial charge in [0.2, 0.25) is 0 Å². The molecule has 0 aromatic heterocycles. The Bertz CT molecular complexity index is 952. The van der Waals surface area contributed by atoms with E-state index < -0.39 is 5.97 Å². The second-order valence-electron chi connectivity index (χ2n) is 9.67. The van der Waals surface area contributed by atoms with Gasteiger partial charge in [0.05, 0.1) is 25.4 Å². The zero-order chi connectivity index (χ0) is 22.6. The lowest BCUT2D eigenvalue weighted by Crippen LogP contribution is -2.34. The van der Waals surface area contributed by atoms with Gasteiger partial charge < -0.3 is 14.6 Å². The molecule has 2 aromatic carbocycles. The molecule has 0 saturated heterocycles. The maximum absolute atomic E-state index is 11.1. The number of rotatable bonds is 8. The van der Waals surface area contributed by atoms with Crippen molar-refractivity contribution in [3.05, 3.63) is 69.8 Å². The number of hydrogen-bond acceptors (Lipinski definition) is 3. The summed E-state index contributed by atoms with van der Waals surface area (Å²) in [5, 5.41) is 9.10. The molecule has 0 radical (unpaired) electrons. The first-order valence-electron chi connectivity index (χ1n) is 10.9. The summed E-state index contributed by atoms with van der Waals surface area (Å²) in [4.78, 5) is 11.1. The maximum atomic E-state index is 11.1. The van der Waals surface area contributed by atoms with Crippen LogP contribution in [0, 0.1) is 0 Å². The highest BCUT2D eigenvalue weighted by Crippen LogP contribution is 2.46. The minimum Gasteiger partial charge on any atom is -0.478 e. The third kappa shape index (κ3) is 5.44. The second kappa shape index (κ2) is 9.37. The normalized spacial score (nSPS) is 16.9. The molecule has 0 amide bonds. The molecule has 4 nitrogen and oxygen atoms in total. The van der Waals surface area contributed by atoms with Gasteiger partial charge in [-0.3, -0.25) is 0 Å². The van der Waals surface area contributed by atoms with Gasteiger partial charge in [0.1, 0.15) is 0 Å². The summed E-state index contributed by atoms with van der Waals surface area (Å²) in [5.41, 5.74) is 6.66. The highest BCUT2D eigenvalue weighted by atomic mass is 16.5. The van der Waals surface area contributed by atoms with Gasteiger partial charge in [-0.2, -0.15) is 0 Å². The van der Waals surface area contributed by atoms with E-state index in [0.29, 0.717) is 25.4 Å². The van der Waals surface area contributed by atoms with Gasteiger partial charge >= 0.3 is 5.97 Å². The summed E-state index contributed by atoms with van der Waals surface area (Å²) in [6.07, 6.45) is 6.48. The molecule has 2 aromatic rings. The van der Waals surface area contributed by atoms with Crippen molar-refractivity contribution in [1.29, 1.82) is 0 Å². The van der Waals surface area contributed by atoms with Gasteiger partial charge in [0.25, 0.3) is 0 Å². The monoisotopic (exact) mass is 422 g/mol. The van der Waals surface area contributed by atoms with Crippen molar-refractivity contribution in [2.24, 2.45) is 0 Å². The molecule has 1 aliphatic carbocycles. The Morgan fingerprint density at radius 2 is 1.58 bits per heavy atom. The molecule has 1 aliphatic rings. The van der Waals surface area contributed by atoms with Gasteiger partial charge in [0.15, 0.2) is 0 Å². The number of fused-ring (bicyclic) bond motifs is 1. The first-order valence-corrected chi connectivity index (χ1v) is 10.9. The van der Waals surface area contributed by atoms with Crippen LogP contribution in [0.4, 0.5) is 0 Å². The fraction of sp³-hybridized carbons (Fsp3) is 0.444. The van der Waals surface area contributed by atoms with Gasteiger partial charge in [0, 0.05) is 7.11 Å². The van der Waals surface area contributed by atoms with E-state index in [4.69, 9.17) is 14.6 Å². The molecular weight excluding hydrogens is 388 g/mol. The zero-order valence-electron chi connectivity index (χ0n) is 19.3. The summed E-state index contributed by atoms with van der Waals surface area (Å²) in [6.45, 7) is 11.0. The molecule has 0 spiro atoms. The average Bonchev–Trinajstić information content (AvgIpc) is 2.73. The Balaban J connectivity index is 1.98. The molecule has 0 unspecified atom stereocenters. The van der Waals surface area contributed by atoms with Crippen LogP contribution < -0.4 is 0 Å². The van der Waals surface area contributed by atoms with Gasteiger partial charge in [-0.1, -0.05) is 64.1 Å². The van der Waals surface area contributed by atoms with Crippen molar-refractivity contribution in [1.82, 2.24) is 0 Å². The molecule has 0 bridgehead atoms. The number of hydrogen-bond donors (Lipinski definition) is 1. The Labute approximate surface area is 185 Å². The van der Waals surface area contributed by atoms with E-state index in [2.05, 4.69) is 45.9 Å². The molecule has 0 fully saturated rings. The molecule has 0 atom stereocenters. The predicted octanol–water partition coefficient (Wildman–Crippen LogP) is 6.07. The Kier molecular flexibility index (Phi) is 7.03. The first kappa shape index (κ1) is 23.2. The fourth-order valence-corrected chi connectivity index (χ4v) is 4.20. The van der Waals surface area contributed by atoms with E-state index in [-0.39, 0.29) is 10.8 Å². The number of carboxylic acids is 1. The maximum Gasteiger partial charge on any atom is 0.335 e. The van der Waals surface area contributed by atoms with Crippen molar-refractivity contribution in [3.63, 3.8) is 0 Å². The topological polar surface area (TPSA) is 55.8 Å². The standard InChI is InChI=1S/C27H34O4/c1-26(2)12-13-27(3,4)24-17-22(18-31-15-14-30-5)21(16-23(24)26)11-8-19-6-9-20(10-7-19)25(28)29/h6-11,16-17H,12-15,18H2,1-5H3,(H,28,29)/b11-8+. The Morgan fingerprint density at radius 3 is 2.16 bits per heavy atom. The SMILES string of the molecule is COCCOCc1cc2c(cc1/C=C/c1ccc(C(=O)O)cc1)C(C)(C)CCC2(C)C. The lowest BCUT2D eigenvalue weighted by molar-refractivity contribution is 0.0615. The lowest BCUT2D eigenvalue weighted by Gasteiger charge is -2.42. The summed E-state index contributed by atoms with van der Waals surface area (Å²) in [6, 6.07) is 11.6. The molecule has 31 heavy (non-hydrogen) atoms. The largest absolute Gasteiger partial charge is 0.478 e. The third-order valence-electron chi connectivity index (χ3n) is 6.41. The molecule has 0 saturated carbocycles. The van der Waals surface area contributed by atoms with Crippen molar-refractivity contribution in [3.8, 4) is 0 Å². The smallest absolute Gasteiger partial charge is 0.335 e. The van der Waals surface area contributed by atoms with Crippen LogP contribution >= 0.6 is 0 Å². The van der Waals surface area contributed by atoms with E-state index in [0.717, 1.165) is 17.5 Å². The predicted molar refractivity (Wildman–Crippen MR) is 126 cm³/mol. The highest BCUT2D eigenvalue weighted by molar-refractivity contribution is 5.88. The number of benzene rings is 2. The van der Waals surface area contributed by atoms with Crippen LogP contribution in [0.3, 0.4) is 0 Å². The molecule has 4 heteroatoms. The molecule has 166 valence electrons. The van der Waals surface area contributed by atoms with Crippen molar-refractivity contribution < 1.29 is 19.4 Å². The van der Waals surface area contributed by atoms with E-state index in [1.165, 1.54) is 23.1 Å². The van der Waals surface area contributed by atoms with Crippen LogP contribution in [0.5, 0.6) is 0 Å². The van der Waals surface area contributed by atoms with Gasteiger partial charge in [-0.05, 0) is 63.6 Å². The van der Waals surface area contributed by atoms with Crippen molar-refractivity contribution >= 4 is 18.1 Å². The minimum atomic E-state index is -0.912. The number of carboxylic acid groups (broad SMARTS) is 1. The summed E-state index contributed by atoms with van der Waals surface area (Å²) < 4.78 is 11.0. The number of carbonyl (C=O) groups is 1. The Morgan fingerprint density at radius 1 is 0.968 bits per heavy atom. The zero-order valence-corrected chi connectivity index (χ0v) is 19.3. The van der Waals surface area contributed by atoms with Crippen LogP contribution in [-0.2, 0) is 26.9 Å². The van der Waals surface area contributed by atoms with Crippen LogP contribution in [-0.4, -0.2) is 31.4 Å². The van der Waals surface area contributed by atoms with E-state index in [9.17, 15) is 4.79 Å². The third-order valence-corrected chi connectivity index (χ3v) is 6.41. The van der Waals surface area contributed by atoms with Crippen LogP contribution in [0.1, 0.15) is 78.7 Å². The number of aromatic carboxylic acids is 1. The number of methoxy groups -OCH3 is 1. The minimum absolute atomic E-state index is 0.131. The Hall–Kier alpha value is -2.43. The summed E-state index contributed by atoms with van der Waals surface area (Å²) >= 11 is 0. The van der Waals surface area contributed by atoms with Gasteiger partial charge in [-0.15, -0.1) is 0 Å². The highest BCUT2D eigenvalue weighted by Gasteiger charge is 2.37. The molecule has 0 aliphatic heterocycles. The van der Waals surface area contributed by atoms with Crippen molar-refractivity contribution in [2.75, 3.05) is 20.3 Å². The average molecular weight is 423 g/mol. The first-order chi connectivity index (χ1) is 14.6. The number of ether oxygens (including phenoxy) is 2. The van der Waals surface area contributed by atoms with Crippen molar-refractivity contribution in [2.45, 2.75) is 58.0 Å². The van der Waals surface area contributed by atoms with Crippen LogP contribution in [0.15, 0.2) is 36.4 Å². The summed E-state index contributed by atoms with van der Waals surface area (Å²) in [5.74, 6) is -0.912. The molecule has 0 heterocycles. The van der Waals surface area contributed by atoms with E-state index in [1.54, 1.807) is 19.2 Å². The van der Waals surface area contributed by atoms with Crippen LogP contribution in [0.25, 0.3) is 12.2 Å². The van der Waals surface area contributed by atoms with Gasteiger partial charge in [-0.25, -0.2) is 4.79 Å².